The first-order chi connectivity index (χ1) is 7.42. The standard InChI is InChI=1S/C12H15N2O/c15-11-14(12-7-3-1-4-8-12)13-9-5-2-6-10-13/h1,3-4,7-8H,2,5-6,9-10H2. The molecule has 0 spiro atoms. The van der Waals surface area contributed by atoms with E-state index >= 15 is 0 Å². The summed E-state index contributed by atoms with van der Waals surface area (Å²) >= 11 is 0. The smallest absolute Gasteiger partial charge is 0.261 e. The summed E-state index contributed by atoms with van der Waals surface area (Å²) < 4.78 is 0. The maximum Gasteiger partial charge on any atom is 0.332 e. The van der Waals surface area contributed by atoms with Gasteiger partial charge in [0.05, 0.1) is 5.69 Å². The molecule has 3 heteroatoms. The van der Waals surface area contributed by atoms with Crippen LogP contribution in [0.25, 0.3) is 0 Å². The molecule has 0 saturated carbocycles. The number of nitrogens with zero attached hydrogens (tertiary/aromatic N) is 2. The van der Waals surface area contributed by atoms with Gasteiger partial charge in [0, 0.05) is 13.1 Å². The number of amides is 1. The average molecular weight is 203 g/mol. The van der Waals surface area contributed by atoms with E-state index in [1.807, 2.05) is 36.7 Å². The van der Waals surface area contributed by atoms with Crippen molar-refractivity contribution in [3.63, 3.8) is 0 Å². The number of hydrogen-bond donors (Lipinski definition) is 0. The van der Waals surface area contributed by atoms with Crippen LogP contribution in [0.15, 0.2) is 30.3 Å². The predicted molar refractivity (Wildman–Crippen MR) is 60.0 cm³/mol. The van der Waals surface area contributed by atoms with Crippen molar-refractivity contribution in [2.45, 2.75) is 19.3 Å². The maximum atomic E-state index is 11.0. The topological polar surface area (TPSA) is 23.6 Å². The fourth-order valence-corrected chi connectivity index (χ4v) is 1.92. The molecule has 79 valence electrons. The molecule has 1 fully saturated rings. The van der Waals surface area contributed by atoms with E-state index in [1.54, 1.807) is 5.01 Å². The summed E-state index contributed by atoms with van der Waals surface area (Å²) in [5, 5.41) is 3.66. The fourth-order valence-electron chi connectivity index (χ4n) is 1.92. The van der Waals surface area contributed by atoms with Gasteiger partial charge in [0.25, 0.3) is 0 Å². The number of para-hydroxylation sites is 1. The molecular formula is C12H15N2O. The molecule has 2 rings (SSSR count). The number of anilines is 1. The molecule has 0 unspecified atom stereocenters. The lowest BCUT2D eigenvalue weighted by atomic mass is 10.2. The van der Waals surface area contributed by atoms with E-state index in [1.165, 1.54) is 6.42 Å². The van der Waals surface area contributed by atoms with Crippen molar-refractivity contribution in [3.05, 3.63) is 30.3 Å². The zero-order valence-corrected chi connectivity index (χ0v) is 8.72. The normalized spacial score (nSPS) is 17.3. The molecule has 1 saturated heterocycles. The molecule has 1 heterocycles. The van der Waals surface area contributed by atoms with E-state index in [2.05, 4.69) is 5.01 Å². The first kappa shape index (κ1) is 10.2. The third-order valence-corrected chi connectivity index (χ3v) is 2.70. The highest BCUT2D eigenvalue weighted by molar-refractivity contribution is 5.74. The maximum absolute atomic E-state index is 11.0. The van der Waals surface area contributed by atoms with Crippen LogP contribution in [0.1, 0.15) is 19.3 Å². The van der Waals surface area contributed by atoms with Gasteiger partial charge in [-0.25, -0.2) is 10.0 Å². The molecule has 15 heavy (non-hydrogen) atoms. The zero-order valence-electron chi connectivity index (χ0n) is 8.72. The van der Waals surface area contributed by atoms with Crippen molar-refractivity contribution >= 4 is 12.1 Å². The molecular weight excluding hydrogens is 188 g/mol. The van der Waals surface area contributed by atoms with Crippen LogP contribution in [0.3, 0.4) is 0 Å². The molecule has 0 atom stereocenters. The Bertz CT molecular complexity index is 307. The molecule has 0 aliphatic carbocycles. The first-order valence-corrected chi connectivity index (χ1v) is 5.39. The van der Waals surface area contributed by atoms with Gasteiger partial charge in [-0.15, -0.1) is 0 Å². The molecule has 1 aromatic rings. The molecule has 1 aromatic carbocycles. The summed E-state index contributed by atoms with van der Waals surface area (Å²) in [7, 11) is 0. The van der Waals surface area contributed by atoms with Gasteiger partial charge in [-0.1, -0.05) is 24.6 Å². The number of rotatable bonds is 3. The third-order valence-electron chi connectivity index (χ3n) is 2.70. The minimum absolute atomic E-state index is 0.898. The predicted octanol–water partition coefficient (Wildman–Crippen LogP) is 1.96. The first-order valence-electron chi connectivity index (χ1n) is 5.39. The number of hydrogen-bond acceptors (Lipinski definition) is 2. The van der Waals surface area contributed by atoms with Crippen molar-refractivity contribution in [1.82, 2.24) is 5.01 Å². The highest BCUT2D eigenvalue weighted by Gasteiger charge is 2.18. The van der Waals surface area contributed by atoms with Crippen LogP contribution in [0.2, 0.25) is 0 Å². The summed E-state index contributed by atoms with van der Waals surface area (Å²) in [6.45, 7) is 1.90. The second kappa shape index (κ2) is 4.94. The Morgan fingerprint density at radius 2 is 1.73 bits per heavy atom. The zero-order chi connectivity index (χ0) is 10.5. The Hall–Kier alpha value is -1.35. The van der Waals surface area contributed by atoms with Crippen LogP contribution in [0.5, 0.6) is 0 Å². The fraction of sp³-hybridized carbons (Fsp3) is 0.417. The molecule has 3 nitrogen and oxygen atoms in total. The van der Waals surface area contributed by atoms with Gasteiger partial charge in [-0.05, 0) is 25.0 Å². The summed E-state index contributed by atoms with van der Waals surface area (Å²) in [6.07, 6.45) is 5.57. The third kappa shape index (κ3) is 2.36. The Morgan fingerprint density at radius 1 is 1.07 bits per heavy atom. The van der Waals surface area contributed by atoms with E-state index in [4.69, 9.17) is 0 Å². The highest BCUT2D eigenvalue weighted by atomic mass is 16.1. The average Bonchev–Trinajstić information content (AvgIpc) is 2.33. The lowest BCUT2D eigenvalue weighted by Crippen LogP contribution is -2.44. The number of hydrazine groups is 1. The van der Waals surface area contributed by atoms with E-state index in [0.29, 0.717) is 0 Å². The van der Waals surface area contributed by atoms with Crippen LogP contribution in [-0.4, -0.2) is 24.5 Å². The minimum Gasteiger partial charge on any atom is -0.261 e. The molecule has 1 aliphatic rings. The monoisotopic (exact) mass is 203 g/mol. The number of carbonyl (C=O) groups excluding carboxylic acids is 1. The quantitative estimate of drug-likeness (QED) is 0.701. The Morgan fingerprint density at radius 3 is 2.33 bits per heavy atom. The second-order valence-corrected chi connectivity index (χ2v) is 3.75. The molecule has 0 aromatic heterocycles. The summed E-state index contributed by atoms with van der Waals surface area (Å²) in [5.41, 5.74) is 0.898. The Balaban J connectivity index is 2.12. The van der Waals surface area contributed by atoms with Crippen molar-refractivity contribution < 1.29 is 4.79 Å². The Labute approximate surface area is 90.3 Å². The summed E-state index contributed by atoms with van der Waals surface area (Å²) in [5.74, 6) is 0. The van der Waals surface area contributed by atoms with Crippen LogP contribution < -0.4 is 5.01 Å². The summed E-state index contributed by atoms with van der Waals surface area (Å²) in [6, 6.07) is 9.68. The van der Waals surface area contributed by atoms with Crippen LogP contribution >= 0.6 is 0 Å². The van der Waals surface area contributed by atoms with Gasteiger partial charge >= 0.3 is 6.41 Å². The van der Waals surface area contributed by atoms with E-state index in [0.717, 1.165) is 31.6 Å². The van der Waals surface area contributed by atoms with Gasteiger partial charge < -0.3 is 0 Å². The number of piperidine rings is 1. The molecule has 0 bridgehead atoms. The largest absolute Gasteiger partial charge is 0.332 e. The van der Waals surface area contributed by atoms with Crippen molar-refractivity contribution in [1.29, 1.82) is 0 Å². The van der Waals surface area contributed by atoms with E-state index in [-0.39, 0.29) is 0 Å². The van der Waals surface area contributed by atoms with Crippen LogP contribution in [0, 0.1) is 0 Å². The molecule has 1 aliphatic heterocycles. The van der Waals surface area contributed by atoms with Crippen molar-refractivity contribution in [2.24, 2.45) is 0 Å². The molecule has 0 N–H and O–H groups in total. The van der Waals surface area contributed by atoms with Gasteiger partial charge in [0.15, 0.2) is 0 Å². The lowest BCUT2D eigenvalue weighted by molar-refractivity contribution is 0.234. The van der Waals surface area contributed by atoms with E-state index < -0.39 is 0 Å². The van der Waals surface area contributed by atoms with Gasteiger partial charge in [0.2, 0.25) is 0 Å². The van der Waals surface area contributed by atoms with Crippen molar-refractivity contribution in [2.75, 3.05) is 18.1 Å². The number of benzene rings is 1. The van der Waals surface area contributed by atoms with Gasteiger partial charge in [0.1, 0.15) is 0 Å². The van der Waals surface area contributed by atoms with Crippen LogP contribution in [-0.2, 0) is 4.79 Å². The van der Waals surface area contributed by atoms with Gasteiger partial charge in [-0.3, -0.25) is 4.79 Å². The lowest BCUT2D eigenvalue weighted by Gasteiger charge is -2.33. The van der Waals surface area contributed by atoms with Gasteiger partial charge in [-0.2, -0.15) is 0 Å². The minimum atomic E-state index is 0.898. The van der Waals surface area contributed by atoms with E-state index in [9.17, 15) is 4.79 Å². The Kier molecular flexibility index (Phi) is 3.35. The molecule has 1 amide bonds. The molecule has 1 radical (unpaired) electrons. The highest BCUT2D eigenvalue weighted by Crippen LogP contribution is 2.18. The second-order valence-electron chi connectivity index (χ2n) is 3.75. The van der Waals surface area contributed by atoms with Crippen molar-refractivity contribution in [3.8, 4) is 0 Å². The van der Waals surface area contributed by atoms with Crippen LogP contribution in [0.4, 0.5) is 5.69 Å². The summed E-state index contributed by atoms with van der Waals surface area (Å²) in [4.78, 5) is 11.0. The SMILES string of the molecule is O=[C]N(c1ccccc1)N1CCCCC1.